The zero-order valence-electron chi connectivity index (χ0n) is 8.44. The first-order valence-corrected chi connectivity index (χ1v) is 5.89. The number of hydrogen-bond donors (Lipinski definition) is 1. The van der Waals surface area contributed by atoms with Gasteiger partial charge in [0, 0.05) is 17.8 Å². The van der Waals surface area contributed by atoms with E-state index in [4.69, 9.17) is 0 Å². The molecule has 0 spiro atoms. The molecule has 14 heavy (non-hydrogen) atoms. The Bertz CT molecular complexity index is 370. The molecule has 0 saturated carbocycles. The summed E-state index contributed by atoms with van der Waals surface area (Å²) in [5.74, 6) is -0.429. The highest BCUT2D eigenvalue weighted by atomic mass is 32.2. The highest BCUT2D eigenvalue weighted by Gasteiger charge is 2.34. The second-order valence-corrected chi connectivity index (χ2v) is 4.92. The highest BCUT2D eigenvalue weighted by Crippen LogP contribution is 2.17. The molecule has 0 aromatic heterocycles. The standard InChI is InChI=1S/C8H14N2O3S/c1-4-7-5-9-14(12,13)10(6(2)3)8(7)11/h5-6,9H,4H2,1-3H3. The van der Waals surface area contributed by atoms with E-state index in [1.54, 1.807) is 13.8 Å². The smallest absolute Gasteiger partial charge is 0.273 e. The molecular formula is C8H14N2O3S. The monoisotopic (exact) mass is 218 g/mol. The fourth-order valence-electron chi connectivity index (χ4n) is 1.28. The summed E-state index contributed by atoms with van der Waals surface area (Å²) >= 11 is 0. The second kappa shape index (κ2) is 3.61. The van der Waals surface area contributed by atoms with E-state index in [2.05, 4.69) is 4.72 Å². The van der Waals surface area contributed by atoms with Gasteiger partial charge in [-0.1, -0.05) is 6.92 Å². The molecule has 1 aliphatic heterocycles. The number of carbonyl (C=O) groups is 1. The van der Waals surface area contributed by atoms with Crippen molar-refractivity contribution in [2.24, 2.45) is 0 Å². The maximum atomic E-state index is 11.7. The molecule has 0 fully saturated rings. The average molecular weight is 218 g/mol. The Hall–Kier alpha value is -1.04. The Morgan fingerprint density at radius 3 is 2.50 bits per heavy atom. The lowest BCUT2D eigenvalue weighted by atomic mass is 10.2. The molecule has 6 heteroatoms. The van der Waals surface area contributed by atoms with E-state index in [0.717, 1.165) is 4.31 Å². The zero-order chi connectivity index (χ0) is 10.9. The molecule has 5 nitrogen and oxygen atoms in total. The van der Waals surface area contributed by atoms with Crippen molar-refractivity contribution in [3.63, 3.8) is 0 Å². The first kappa shape index (κ1) is 11.0. The Labute approximate surface area is 84.0 Å². The van der Waals surface area contributed by atoms with Crippen molar-refractivity contribution in [2.45, 2.75) is 33.2 Å². The Morgan fingerprint density at radius 1 is 1.50 bits per heavy atom. The molecule has 0 saturated heterocycles. The van der Waals surface area contributed by atoms with Crippen LogP contribution < -0.4 is 4.72 Å². The van der Waals surface area contributed by atoms with Crippen LogP contribution in [0.4, 0.5) is 0 Å². The van der Waals surface area contributed by atoms with Crippen molar-refractivity contribution < 1.29 is 13.2 Å². The molecular weight excluding hydrogens is 204 g/mol. The van der Waals surface area contributed by atoms with Crippen molar-refractivity contribution >= 4 is 16.1 Å². The van der Waals surface area contributed by atoms with Gasteiger partial charge in [0.15, 0.2) is 0 Å². The minimum atomic E-state index is -3.66. The van der Waals surface area contributed by atoms with Gasteiger partial charge in [0.1, 0.15) is 0 Å². The van der Waals surface area contributed by atoms with Crippen LogP contribution in [0.25, 0.3) is 0 Å². The van der Waals surface area contributed by atoms with E-state index in [0.29, 0.717) is 12.0 Å². The van der Waals surface area contributed by atoms with Gasteiger partial charge in [-0.3, -0.25) is 9.52 Å². The predicted octanol–water partition coefficient (Wildman–Crippen LogP) is 0.365. The van der Waals surface area contributed by atoms with Gasteiger partial charge in [0.05, 0.1) is 0 Å². The third-order valence-corrected chi connectivity index (χ3v) is 3.49. The zero-order valence-corrected chi connectivity index (χ0v) is 9.26. The number of rotatable bonds is 2. The topological polar surface area (TPSA) is 66.5 Å². The lowest BCUT2D eigenvalue weighted by Crippen LogP contribution is -2.50. The summed E-state index contributed by atoms with van der Waals surface area (Å²) in [6.07, 6.45) is 1.78. The number of hydrogen-bond acceptors (Lipinski definition) is 3. The Kier molecular flexibility index (Phi) is 2.84. The van der Waals surface area contributed by atoms with Crippen LogP contribution >= 0.6 is 0 Å². The molecule has 0 unspecified atom stereocenters. The number of amides is 1. The van der Waals surface area contributed by atoms with Gasteiger partial charge in [-0.15, -0.1) is 0 Å². The third-order valence-electron chi connectivity index (χ3n) is 1.97. The third kappa shape index (κ3) is 1.75. The molecule has 0 aromatic rings. The van der Waals surface area contributed by atoms with Crippen molar-refractivity contribution in [3.8, 4) is 0 Å². The van der Waals surface area contributed by atoms with E-state index in [1.165, 1.54) is 6.20 Å². The van der Waals surface area contributed by atoms with Crippen LogP contribution in [-0.4, -0.2) is 24.7 Å². The summed E-state index contributed by atoms with van der Waals surface area (Å²) in [5, 5.41) is 0. The molecule has 0 radical (unpaired) electrons. The average Bonchev–Trinajstić information content (AvgIpc) is 2.02. The van der Waals surface area contributed by atoms with E-state index < -0.39 is 16.1 Å². The summed E-state index contributed by atoms with van der Waals surface area (Å²) in [5.41, 5.74) is 0.480. The van der Waals surface area contributed by atoms with Gasteiger partial charge in [-0.05, 0) is 20.3 Å². The van der Waals surface area contributed by atoms with E-state index in [9.17, 15) is 13.2 Å². The maximum absolute atomic E-state index is 11.7. The van der Waals surface area contributed by atoms with Crippen molar-refractivity contribution in [1.82, 2.24) is 9.03 Å². The minimum absolute atomic E-state index is 0.366. The van der Waals surface area contributed by atoms with Gasteiger partial charge in [-0.2, -0.15) is 8.42 Å². The minimum Gasteiger partial charge on any atom is -0.273 e. The largest absolute Gasteiger partial charge is 0.326 e. The molecule has 1 heterocycles. The summed E-state index contributed by atoms with van der Waals surface area (Å²) in [7, 11) is -3.66. The van der Waals surface area contributed by atoms with E-state index >= 15 is 0 Å². The summed E-state index contributed by atoms with van der Waals surface area (Å²) in [6, 6.07) is -0.366. The molecule has 0 aliphatic carbocycles. The van der Waals surface area contributed by atoms with Crippen molar-refractivity contribution in [1.29, 1.82) is 0 Å². The van der Waals surface area contributed by atoms with Crippen molar-refractivity contribution in [2.75, 3.05) is 0 Å². The Morgan fingerprint density at radius 2 is 2.07 bits per heavy atom. The van der Waals surface area contributed by atoms with Gasteiger partial charge in [0.25, 0.3) is 5.91 Å². The number of nitrogens with one attached hydrogen (secondary N) is 1. The van der Waals surface area contributed by atoms with Crippen LogP contribution in [0.3, 0.4) is 0 Å². The summed E-state index contributed by atoms with van der Waals surface area (Å²) in [4.78, 5) is 11.7. The van der Waals surface area contributed by atoms with Crippen LogP contribution in [-0.2, 0) is 15.0 Å². The molecule has 1 N–H and O–H groups in total. The van der Waals surface area contributed by atoms with E-state index in [-0.39, 0.29) is 6.04 Å². The quantitative estimate of drug-likeness (QED) is 0.728. The number of carbonyl (C=O) groups excluding carboxylic acids is 1. The van der Waals surface area contributed by atoms with Gasteiger partial charge < -0.3 is 0 Å². The SMILES string of the molecule is CCC1=CNS(=O)(=O)N(C(C)C)C1=O. The fourth-order valence-corrected chi connectivity index (χ4v) is 2.58. The summed E-state index contributed by atoms with van der Waals surface area (Å²) in [6.45, 7) is 5.13. The highest BCUT2D eigenvalue weighted by molar-refractivity contribution is 7.87. The molecule has 80 valence electrons. The Balaban J connectivity index is 3.15. The van der Waals surface area contributed by atoms with Gasteiger partial charge >= 0.3 is 10.2 Å². The van der Waals surface area contributed by atoms with Crippen molar-refractivity contribution in [3.05, 3.63) is 11.8 Å². The maximum Gasteiger partial charge on any atom is 0.326 e. The lowest BCUT2D eigenvalue weighted by molar-refractivity contribution is -0.124. The molecule has 0 aromatic carbocycles. The van der Waals surface area contributed by atoms with Gasteiger partial charge in [-0.25, -0.2) is 4.31 Å². The fraction of sp³-hybridized carbons (Fsp3) is 0.625. The normalized spacial score (nSPS) is 20.7. The van der Waals surface area contributed by atoms with Gasteiger partial charge in [0.2, 0.25) is 0 Å². The predicted molar refractivity (Wildman–Crippen MR) is 52.4 cm³/mol. The number of nitrogens with zero attached hydrogens (tertiary/aromatic N) is 1. The van der Waals surface area contributed by atoms with Crippen LogP contribution in [0.2, 0.25) is 0 Å². The van der Waals surface area contributed by atoms with Crippen LogP contribution in [0.15, 0.2) is 11.8 Å². The molecule has 0 bridgehead atoms. The van der Waals surface area contributed by atoms with Crippen LogP contribution in [0.5, 0.6) is 0 Å². The second-order valence-electron chi connectivity index (χ2n) is 3.34. The molecule has 1 rings (SSSR count). The van der Waals surface area contributed by atoms with Crippen LogP contribution in [0, 0.1) is 0 Å². The molecule has 1 aliphatic rings. The lowest BCUT2D eigenvalue weighted by Gasteiger charge is -2.29. The van der Waals surface area contributed by atoms with E-state index in [1.807, 2.05) is 6.92 Å². The first-order chi connectivity index (χ1) is 6.40. The molecule has 1 amide bonds. The molecule has 0 atom stereocenters. The van der Waals surface area contributed by atoms with Crippen LogP contribution in [0.1, 0.15) is 27.2 Å². The summed E-state index contributed by atoms with van der Waals surface area (Å²) < 4.78 is 26.0. The first-order valence-electron chi connectivity index (χ1n) is 4.45.